The number of amides is 1. The van der Waals surface area contributed by atoms with Crippen molar-refractivity contribution in [2.75, 3.05) is 19.5 Å². The quantitative estimate of drug-likeness (QED) is 0.161. The van der Waals surface area contributed by atoms with Gasteiger partial charge < -0.3 is 54.0 Å². The number of aliphatic hydroxyl groups is 2. The Morgan fingerprint density at radius 2 is 1.57 bits per heavy atom. The molecule has 5 rings (SSSR count). The minimum absolute atomic E-state index is 0.00202. The number of ketones is 1. The molecule has 2 aliphatic heterocycles. The fraction of sp³-hybridized carbons (Fsp3) is 0.488. The molecule has 0 saturated carbocycles. The first kappa shape index (κ1) is 43.7. The van der Waals surface area contributed by atoms with Crippen LogP contribution in [0.2, 0.25) is 0 Å². The van der Waals surface area contributed by atoms with Gasteiger partial charge in [-0.15, -0.1) is 0 Å². The van der Waals surface area contributed by atoms with Gasteiger partial charge in [0.05, 0.1) is 59.4 Å². The van der Waals surface area contributed by atoms with E-state index in [1.807, 2.05) is 0 Å². The maximum Gasteiger partial charge on any atom is 0.340 e. The van der Waals surface area contributed by atoms with E-state index >= 15 is 0 Å². The summed E-state index contributed by atoms with van der Waals surface area (Å²) in [6, 6.07) is 0. The van der Waals surface area contributed by atoms with Crippen LogP contribution >= 0.6 is 0 Å². The van der Waals surface area contributed by atoms with Crippen LogP contribution in [-0.4, -0.2) is 93.0 Å². The fourth-order valence-electron chi connectivity index (χ4n) is 8.17. The van der Waals surface area contributed by atoms with E-state index in [1.165, 1.54) is 60.3 Å². The van der Waals surface area contributed by atoms with Crippen molar-refractivity contribution in [1.82, 2.24) is 4.57 Å². The Hall–Kier alpha value is -5.38. The monoisotopic (exact) mass is 806 g/mol. The summed E-state index contributed by atoms with van der Waals surface area (Å²) >= 11 is 0. The number of phenols is 2. The molecule has 2 aromatic carbocycles. The molecule has 0 fully saturated rings. The number of phenolic OH excluding ortho intramolecular Hbond substituents is 2. The zero-order chi connectivity index (χ0) is 43.3. The Kier molecular flexibility index (Phi) is 12.4. The molecule has 314 valence electrons. The fourth-order valence-corrected chi connectivity index (χ4v) is 8.17. The molecule has 0 spiro atoms. The third-order valence-corrected chi connectivity index (χ3v) is 11.8. The average molecular weight is 807 g/mol. The average Bonchev–Trinajstić information content (AvgIpc) is 3.60. The molecule has 3 heterocycles. The number of aliphatic hydroxyl groups excluding tert-OH is 2. The van der Waals surface area contributed by atoms with Gasteiger partial charge in [-0.3, -0.25) is 14.4 Å². The number of aromatic nitrogens is 1. The summed E-state index contributed by atoms with van der Waals surface area (Å²) in [4.78, 5) is 54.2. The van der Waals surface area contributed by atoms with E-state index < -0.39 is 89.0 Å². The van der Waals surface area contributed by atoms with E-state index in [0.29, 0.717) is 5.69 Å². The van der Waals surface area contributed by atoms with Gasteiger partial charge in [-0.1, -0.05) is 45.9 Å². The van der Waals surface area contributed by atoms with Gasteiger partial charge >= 0.3 is 17.7 Å². The third-order valence-electron chi connectivity index (χ3n) is 11.8. The van der Waals surface area contributed by atoms with Crippen molar-refractivity contribution in [1.29, 1.82) is 0 Å². The van der Waals surface area contributed by atoms with Crippen molar-refractivity contribution in [2.24, 2.45) is 30.7 Å². The van der Waals surface area contributed by atoms with Crippen LogP contribution in [0.25, 0.3) is 21.7 Å². The van der Waals surface area contributed by atoms with Gasteiger partial charge in [0.2, 0.25) is 0 Å². The zero-order valence-corrected chi connectivity index (χ0v) is 34.9. The van der Waals surface area contributed by atoms with Crippen LogP contribution in [0.3, 0.4) is 0 Å². The first-order valence-electron chi connectivity index (χ1n) is 19.1. The van der Waals surface area contributed by atoms with Crippen molar-refractivity contribution in [2.45, 2.75) is 92.5 Å². The van der Waals surface area contributed by atoms with Gasteiger partial charge in [0.1, 0.15) is 17.6 Å². The molecule has 0 aliphatic carbocycles. The second kappa shape index (κ2) is 16.5. The number of hydrogen-bond donors (Lipinski definition) is 5. The molecule has 0 radical (unpaired) electrons. The van der Waals surface area contributed by atoms with Crippen LogP contribution in [0.1, 0.15) is 80.4 Å². The molecule has 5 N–H and O–H groups in total. The lowest BCUT2D eigenvalue weighted by atomic mass is 9.78. The first-order chi connectivity index (χ1) is 27.1. The maximum atomic E-state index is 14.6. The van der Waals surface area contributed by atoms with E-state index in [9.17, 15) is 39.6 Å². The smallest absolute Gasteiger partial charge is 0.340 e. The Labute approximate surface area is 336 Å². The molecule has 0 saturated heterocycles. The lowest BCUT2D eigenvalue weighted by Crippen LogP contribution is -2.46. The molecular formula is C43H54N2O13. The van der Waals surface area contributed by atoms with E-state index in [0.717, 1.165) is 0 Å². The lowest BCUT2D eigenvalue weighted by Gasteiger charge is -2.38. The molecule has 3 aromatic rings. The minimum Gasteiger partial charge on any atom is -0.507 e. The van der Waals surface area contributed by atoms with Crippen molar-refractivity contribution in [3.63, 3.8) is 0 Å². The van der Waals surface area contributed by atoms with Gasteiger partial charge in [-0.2, -0.15) is 0 Å². The topological polar surface area (TPSA) is 212 Å². The summed E-state index contributed by atoms with van der Waals surface area (Å²) in [5.74, 6) is -8.34. The van der Waals surface area contributed by atoms with Gasteiger partial charge in [0.15, 0.2) is 5.75 Å². The number of Topliss-reactive ketones (excluding diaryl/α,β-unsaturated/α-hetero) is 1. The minimum atomic E-state index is -2.02. The highest BCUT2D eigenvalue weighted by Crippen LogP contribution is 2.55. The number of aryl methyl sites for hydroxylation is 1. The second-order valence-electron chi connectivity index (χ2n) is 15.6. The van der Waals surface area contributed by atoms with Crippen molar-refractivity contribution >= 4 is 51.0 Å². The molecule has 58 heavy (non-hydrogen) atoms. The molecule has 1 aromatic heterocycles. The van der Waals surface area contributed by atoms with Gasteiger partial charge in [0.25, 0.3) is 11.7 Å². The zero-order valence-electron chi connectivity index (χ0n) is 34.9. The summed E-state index contributed by atoms with van der Waals surface area (Å²) in [6.07, 6.45) is 3.57. The summed E-state index contributed by atoms with van der Waals surface area (Å²) in [6.45, 7) is 14.2. The van der Waals surface area contributed by atoms with Gasteiger partial charge in [0, 0.05) is 79.3 Å². The number of rotatable bonds is 3. The number of aromatic hydroxyl groups is 2. The Balaban J connectivity index is 1.80. The predicted octanol–water partition coefficient (Wildman–Crippen LogP) is 5.64. The van der Waals surface area contributed by atoms with Crippen LogP contribution in [-0.2, 0) is 35.6 Å². The van der Waals surface area contributed by atoms with Crippen molar-refractivity contribution < 1.29 is 63.3 Å². The number of allylic oxidation sites excluding steroid dienone is 2. The number of carbonyl (C=O) groups excluding carboxylic acids is 4. The Morgan fingerprint density at radius 1 is 0.914 bits per heavy atom. The number of methoxy groups -OCH3 is 2. The number of hydrogen-bond acceptors (Lipinski definition) is 13. The van der Waals surface area contributed by atoms with Crippen molar-refractivity contribution in [3.05, 3.63) is 58.5 Å². The lowest BCUT2D eigenvalue weighted by molar-refractivity contribution is -0.160. The van der Waals surface area contributed by atoms with Crippen LogP contribution in [0.4, 0.5) is 5.69 Å². The maximum absolute atomic E-state index is 14.6. The number of esters is 2. The molecule has 9 atom stereocenters. The number of ether oxygens (including phenoxy) is 5. The summed E-state index contributed by atoms with van der Waals surface area (Å²) in [5.41, 5.74) is 0.572. The third kappa shape index (κ3) is 7.30. The molecular weight excluding hydrogens is 752 g/mol. The van der Waals surface area contributed by atoms with Gasteiger partial charge in [-0.05, 0) is 26.8 Å². The number of fused-ring (bicyclic) bond motifs is 1. The highest BCUT2D eigenvalue weighted by atomic mass is 16.7. The summed E-state index contributed by atoms with van der Waals surface area (Å²) in [5, 5.41) is 49.3. The number of nitrogens with one attached hydrogen (secondary N) is 1. The highest BCUT2D eigenvalue weighted by molar-refractivity contribution is 6.31. The van der Waals surface area contributed by atoms with Crippen LogP contribution in [0.15, 0.2) is 36.1 Å². The van der Waals surface area contributed by atoms with E-state index in [2.05, 4.69) is 5.32 Å². The van der Waals surface area contributed by atoms with E-state index in [4.69, 9.17) is 23.7 Å². The Morgan fingerprint density at radius 3 is 2.17 bits per heavy atom. The molecule has 1 amide bonds. The van der Waals surface area contributed by atoms with Gasteiger partial charge in [-0.25, -0.2) is 4.79 Å². The summed E-state index contributed by atoms with van der Waals surface area (Å²) < 4.78 is 30.5. The number of nitrogens with zero attached hydrogens (tertiary/aromatic N) is 1. The van der Waals surface area contributed by atoms with E-state index in [1.54, 1.807) is 58.4 Å². The molecule has 4 bridgehead atoms. The molecule has 2 aliphatic rings. The predicted molar refractivity (Wildman–Crippen MR) is 215 cm³/mol. The van der Waals surface area contributed by atoms with E-state index in [-0.39, 0.29) is 55.4 Å². The molecule has 9 unspecified atom stereocenters. The second-order valence-corrected chi connectivity index (χ2v) is 15.6. The van der Waals surface area contributed by atoms with Crippen LogP contribution in [0.5, 0.6) is 17.2 Å². The number of anilines is 1. The highest BCUT2D eigenvalue weighted by Gasteiger charge is 2.50. The largest absolute Gasteiger partial charge is 0.507 e. The van der Waals surface area contributed by atoms with Crippen LogP contribution in [0, 0.1) is 37.5 Å². The number of benzene rings is 2. The summed E-state index contributed by atoms with van der Waals surface area (Å²) in [7, 11) is 4.26. The normalized spacial score (nSPS) is 29.4. The SMILES string of the molecule is COC(=O)c1c(C)n(C)c2c1c1c(O)c3c(O)c(C)c4c(c32)C(=O)C(C)(O/C=C/C(OC)C(C)C(OC(C)=O)C(C)C(O)C(C)C(O)C(C)/C=C\C=C(C)C(=O)N1)O4. The standard InChI is InChI=1S/C43H54N2O13/c1-18-14-13-15-19(2)41(52)44-32-29-27(42(53)55-12)24(7)45(10)33(29)28-30(37(32)50)36(49)23(6)39-31(28)40(51)43(9,58-39)56-17-16-26(54-11)20(3)38(57-25(8)46)22(5)35(48)21(4)34(18)47/h13-18,20-22,26,34-35,38,47-50H,1-12H3,(H,44,52)/b14-13-,17-16+,19-15?. The Bertz CT molecular complexity index is 2270. The first-order valence-corrected chi connectivity index (χ1v) is 19.1. The van der Waals surface area contributed by atoms with Crippen LogP contribution < -0.4 is 10.1 Å². The number of carbonyl (C=O) groups is 4. The molecule has 15 heteroatoms. The van der Waals surface area contributed by atoms with Crippen molar-refractivity contribution in [3.8, 4) is 17.2 Å². The molecule has 15 nitrogen and oxygen atoms in total.